The molecule has 1 saturated carbocycles. The minimum absolute atomic E-state index is 0. The first-order valence-corrected chi connectivity index (χ1v) is 9.40. The van der Waals surface area contributed by atoms with Gasteiger partial charge < -0.3 is 20.3 Å². The normalized spacial score (nSPS) is 26.2. The van der Waals surface area contributed by atoms with Crippen molar-refractivity contribution in [2.45, 2.75) is 38.8 Å². The number of nitrogens with zero attached hydrogens (tertiary/aromatic N) is 3. The first-order valence-electron chi connectivity index (χ1n) is 9.40. The van der Waals surface area contributed by atoms with Crippen LogP contribution in [-0.2, 0) is 9.53 Å². The summed E-state index contributed by atoms with van der Waals surface area (Å²) in [5.74, 6) is -0.0503. The summed E-state index contributed by atoms with van der Waals surface area (Å²) in [5.41, 5.74) is 5.85. The van der Waals surface area contributed by atoms with Crippen LogP contribution in [0, 0.1) is 15.5 Å². The van der Waals surface area contributed by atoms with Crippen LogP contribution in [0.5, 0.6) is 0 Å². The molecule has 2 aliphatic rings. The average molecular weight is 413 g/mol. The standard InChI is InChI=1S/C19H28N4O4.ClH/c1-4-27-16-13-19(20,18(16,2)3)17(24)22-11-9-21(10-12-22)14-7-5-6-8-15(14)23(25)26;/h5-8,16H,4,9-13,20H2,1-3H3;1H. The second kappa shape index (κ2) is 8.23. The molecule has 1 aromatic rings. The number of amides is 1. The Morgan fingerprint density at radius 3 is 2.43 bits per heavy atom. The molecule has 2 N–H and O–H groups in total. The highest BCUT2D eigenvalue weighted by atomic mass is 35.5. The number of para-hydroxylation sites is 2. The van der Waals surface area contributed by atoms with E-state index in [0.717, 1.165) is 0 Å². The molecule has 2 fully saturated rings. The number of ether oxygens (including phenoxy) is 1. The monoisotopic (exact) mass is 412 g/mol. The van der Waals surface area contributed by atoms with E-state index < -0.39 is 11.0 Å². The Morgan fingerprint density at radius 2 is 1.89 bits per heavy atom. The van der Waals surface area contributed by atoms with Crippen molar-refractivity contribution in [2.75, 3.05) is 37.7 Å². The maximum Gasteiger partial charge on any atom is 0.292 e. The third-order valence-corrected chi connectivity index (χ3v) is 6.20. The quantitative estimate of drug-likeness (QED) is 0.587. The van der Waals surface area contributed by atoms with Gasteiger partial charge in [0.1, 0.15) is 11.2 Å². The van der Waals surface area contributed by atoms with Crippen molar-refractivity contribution < 1.29 is 14.5 Å². The van der Waals surface area contributed by atoms with E-state index in [9.17, 15) is 14.9 Å². The second-order valence-corrected chi connectivity index (χ2v) is 7.87. The zero-order valence-electron chi connectivity index (χ0n) is 16.6. The van der Waals surface area contributed by atoms with Gasteiger partial charge in [-0.05, 0) is 13.0 Å². The van der Waals surface area contributed by atoms with Gasteiger partial charge in [0, 0.05) is 50.7 Å². The fraction of sp³-hybridized carbons (Fsp3) is 0.632. The molecule has 28 heavy (non-hydrogen) atoms. The second-order valence-electron chi connectivity index (χ2n) is 7.87. The smallest absolute Gasteiger partial charge is 0.292 e. The number of benzene rings is 1. The molecule has 0 radical (unpaired) electrons. The lowest BCUT2D eigenvalue weighted by molar-refractivity contribution is -0.384. The van der Waals surface area contributed by atoms with Crippen LogP contribution < -0.4 is 10.6 Å². The van der Waals surface area contributed by atoms with Crippen LogP contribution >= 0.6 is 12.4 Å². The summed E-state index contributed by atoms with van der Waals surface area (Å²) in [4.78, 5) is 27.7. The van der Waals surface area contributed by atoms with E-state index in [4.69, 9.17) is 10.5 Å². The molecule has 3 rings (SSSR count). The fourth-order valence-electron chi connectivity index (χ4n) is 4.12. The van der Waals surface area contributed by atoms with Crippen molar-refractivity contribution in [3.63, 3.8) is 0 Å². The van der Waals surface area contributed by atoms with Crippen molar-refractivity contribution in [2.24, 2.45) is 11.1 Å². The Balaban J connectivity index is 0.00000280. The zero-order valence-corrected chi connectivity index (χ0v) is 17.4. The molecule has 9 heteroatoms. The van der Waals surface area contributed by atoms with E-state index in [1.807, 2.05) is 25.7 Å². The SMILES string of the molecule is CCOC1CC(N)(C(=O)N2CCN(c3ccccc3[N+](=O)[O-])CC2)C1(C)C.Cl. The highest BCUT2D eigenvalue weighted by Crippen LogP contribution is 2.50. The molecular formula is C19H29ClN4O4. The first-order chi connectivity index (χ1) is 12.7. The van der Waals surface area contributed by atoms with Crippen LogP contribution in [0.2, 0.25) is 0 Å². The van der Waals surface area contributed by atoms with E-state index in [-0.39, 0.29) is 35.0 Å². The van der Waals surface area contributed by atoms with Gasteiger partial charge in [-0.25, -0.2) is 0 Å². The summed E-state index contributed by atoms with van der Waals surface area (Å²) >= 11 is 0. The van der Waals surface area contributed by atoms with Crippen LogP contribution in [0.4, 0.5) is 11.4 Å². The Morgan fingerprint density at radius 1 is 1.29 bits per heavy atom. The van der Waals surface area contributed by atoms with Crippen molar-refractivity contribution in [1.82, 2.24) is 4.90 Å². The predicted molar refractivity (Wildman–Crippen MR) is 110 cm³/mol. The average Bonchev–Trinajstić information content (AvgIpc) is 2.67. The van der Waals surface area contributed by atoms with E-state index in [1.165, 1.54) is 6.07 Å². The van der Waals surface area contributed by atoms with Gasteiger partial charge in [0.15, 0.2) is 0 Å². The number of nitro benzene ring substituents is 1. The molecule has 1 heterocycles. The minimum Gasteiger partial charge on any atom is -0.378 e. The summed E-state index contributed by atoms with van der Waals surface area (Å²) in [6.07, 6.45) is 0.515. The van der Waals surface area contributed by atoms with Crippen LogP contribution in [0.25, 0.3) is 0 Å². The van der Waals surface area contributed by atoms with Crippen molar-refractivity contribution in [3.05, 3.63) is 34.4 Å². The number of nitro groups is 1. The summed E-state index contributed by atoms with van der Waals surface area (Å²) in [5, 5.41) is 11.3. The number of anilines is 1. The number of carbonyl (C=O) groups is 1. The molecule has 8 nitrogen and oxygen atoms in total. The number of piperazine rings is 1. The lowest BCUT2D eigenvalue weighted by Gasteiger charge is -2.59. The molecule has 0 aromatic heterocycles. The molecule has 1 aromatic carbocycles. The van der Waals surface area contributed by atoms with Gasteiger partial charge in [0.05, 0.1) is 11.0 Å². The fourth-order valence-corrected chi connectivity index (χ4v) is 4.12. The van der Waals surface area contributed by atoms with Gasteiger partial charge in [-0.3, -0.25) is 14.9 Å². The number of hydrogen-bond acceptors (Lipinski definition) is 6. The lowest BCUT2D eigenvalue weighted by atomic mass is 9.54. The Labute approximate surface area is 171 Å². The maximum atomic E-state index is 13.1. The third-order valence-electron chi connectivity index (χ3n) is 6.20. The minimum atomic E-state index is -0.923. The number of rotatable bonds is 5. The van der Waals surface area contributed by atoms with Gasteiger partial charge in [0.25, 0.3) is 5.69 Å². The van der Waals surface area contributed by atoms with Gasteiger partial charge >= 0.3 is 0 Å². The van der Waals surface area contributed by atoms with E-state index in [0.29, 0.717) is 44.9 Å². The molecule has 2 atom stereocenters. The predicted octanol–water partition coefficient (Wildman–Crippen LogP) is 2.20. The topological polar surface area (TPSA) is 102 Å². The largest absolute Gasteiger partial charge is 0.378 e. The summed E-state index contributed by atoms with van der Waals surface area (Å²) in [7, 11) is 0. The summed E-state index contributed by atoms with van der Waals surface area (Å²) < 4.78 is 5.71. The summed E-state index contributed by atoms with van der Waals surface area (Å²) in [6, 6.07) is 6.71. The molecule has 0 spiro atoms. The van der Waals surface area contributed by atoms with Crippen LogP contribution in [0.1, 0.15) is 27.2 Å². The van der Waals surface area contributed by atoms with Gasteiger partial charge in [-0.15, -0.1) is 12.4 Å². The lowest BCUT2D eigenvalue weighted by Crippen LogP contribution is -2.76. The van der Waals surface area contributed by atoms with Gasteiger partial charge in [-0.2, -0.15) is 0 Å². The Hall–Kier alpha value is -1.90. The van der Waals surface area contributed by atoms with Crippen molar-refractivity contribution in [3.8, 4) is 0 Å². The molecule has 2 unspecified atom stereocenters. The van der Waals surface area contributed by atoms with Crippen LogP contribution in [0.3, 0.4) is 0 Å². The van der Waals surface area contributed by atoms with E-state index >= 15 is 0 Å². The number of carbonyl (C=O) groups excluding carboxylic acids is 1. The molecule has 1 aliphatic heterocycles. The zero-order chi connectivity index (χ0) is 19.8. The Kier molecular flexibility index (Phi) is 6.58. The molecule has 0 bridgehead atoms. The molecule has 1 saturated heterocycles. The number of hydrogen-bond donors (Lipinski definition) is 1. The highest BCUT2D eigenvalue weighted by Gasteiger charge is 2.63. The number of nitrogens with two attached hydrogens (primary N) is 1. The van der Waals surface area contributed by atoms with Gasteiger partial charge in [-0.1, -0.05) is 26.0 Å². The van der Waals surface area contributed by atoms with E-state index in [1.54, 1.807) is 23.1 Å². The summed E-state index contributed by atoms with van der Waals surface area (Å²) in [6.45, 7) is 8.60. The molecule has 1 amide bonds. The molecular weight excluding hydrogens is 384 g/mol. The number of halogens is 1. The molecule has 1 aliphatic carbocycles. The maximum absolute atomic E-state index is 13.1. The highest BCUT2D eigenvalue weighted by molar-refractivity contribution is 5.89. The van der Waals surface area contributed by atoms with Crippen LogP contribution in [-0.4, -0.2) is 60.2 Å². The van der Waals surface area contributed by atoms with Crippen LogP contribution in [0.15, 0.2) is 24.3 Å². The molecule has 156 valence electrons. The first kappa shape index (κ1) is 22.4. The van der Waals surface area contributed by atoms with E-state index in [2.05, 4.69) is 0 Å². The van der Waals surface area contributed by atoms with Crippen molar-refractivity contribution >= 4 is 29.7 Å². The Bertz CT molecular complexity index is 736. The van der Waals surface area contributed by atoms with Gasteiger partial charge in [0.2, 0.25) is 5.91 Å². The van der Waals surface area contributed by atoms with Crippen molar-refractivity contribution in [1.29, 1.82) is 0 Å². The third kappa shape index (κ3) is 3.56.